The van der Waals surface area contributed by atoms with Gasteiger partial charge in [-0.1, -0.05) is 37.6 Å². The molecule has 198 valence electrons. The summed E-state index contributed by atoms with van der Waals surface area (Å²) in [6, 6.07) is 17.2. The number of nitrogens with zero attached hydrogens (tertiary/aromatic N) is 2. The van der Waals surface area contributed by atoms with Crippen LogP contribution in [0.1, 0.15) is 49.8 Å². The van der Waals surface area contributed by atoms with Gasteiger partial charge in [-0.15, -0.1) is 0 Å². The minimum Gasteiger partial charge on any atom is -0.494 e. The third-order valence-electron chi connectivity index (χ3n) is 7.42. The molecule has 8 heteroatoms. The van der Waals surface area contributed by atoms with Gasteiger partial charge in [-0.2, -0.15) is 13.2 Å². The quantitative estimate of drug-likeness (QED) is 0.264. The molecular formula is C30H29F3N2O3. The van der Waals surface area contributed by atoms with Gasteiger partial charge in [0.25, 0.3) is 5.91 Å². The van der Waals surface area contributed by atoms with E-state index in [2.05, 4.69) is 6.92 Å². The Bertz CT molecular complexity index is 1370. The summed E-state index contributed by atoms with van der Waals surface area (Å²) in [5, 5.41) is 0. The molecule has 1 unspecified atom stereocenters. The first-order valence-electron chi connectivity index (χ1n) is 12.9. The van der Waals surface area contributed by atoms with Crippen LogP contribution in [0.3, 0.4) is 0 Å². The van der Waals surface area contributed by atoms with Crippen molar-refractivity contribution >= 4 is 28.9 Å². The third kappa shape index (κ3) is 4.12. The van der Waals surface area contributed by atoms with Crippen LogP contribution in [0.25, 0.3) is 0 Å². The van der Waals surface area contributed by atoms with E-state index in [1.54, 1.807) is 49.4 Å². The Labute approximate surface area is 219 Å². The van der Waals surface area contributed by atoms with Crippen molar-refractivity contribution in [3.05, 3.63) is 83.4 Å². The molecule has 1 aliphatic heterocycles. The van der Waals surface area contributed by atoms with E-state index in [0.717, 1.165) is 30.5 Å². The zero-order chi connectivity index (χ0) is 27.1. The summed E-state index contributed by atoms with van der Waals surface area (Å²) in [6.45, 7) is 4.60. The fourth-order valence-corrected chi connectivity index (χ4v) is 5.50. The standard InChI is InChI=1S/C30H29F3N2O3/c1-3-5-17-38-23-12-13-24-20(18-23)15-16-29(24)27(36)34(4-2)25-14-11-21(30(31,32)33)19-26(25)35(28(29)37)22-9-7-6-8-10-22/h6-14,18-19H,3-5,15-17H2,1-2H3. The molecule has 5 nitrogen and oxygen atoms in total. The van der Waals surface area contributed by atoms with Gasteiger partial charge in [0, 0.05) is 12.2 Å². The van der Waals surface area contributed by atoms with Gasteiger partial charge >= 0.3 is 6.18 Å². The molecule has 5 rings (SSSR count). The molecule has 3 aromatic carbocycles. The van der Waals surface area contributed by atoms with E-state index < -0.39 is 29.0 Å². The van der Waals surface area contributed by atoms with E-state index in [-0.39, 0.29) is 24.3 Å². The highest BCUT2D eigenvalue weighted by Gasteiger charge is 2.57. The number of hydrogen-bond donors (Lipinski definition) is 0. The number of hydrogen-bond acceptors (Lipinski definition) is 3. The highest BCUT2D eigenvalue weighted by atomic mass is 19.4. The normalized spacial score (nSPS) is 19.0. The lowest BCUT2D eigenvalue weighted by atomic mass is 9.78. The average Bonchev–Trinajstić information content (AvgIpc) is 3.26. The predicted octanol–water partition coefficient (Wildman–Crippen LogP) is 6.80. The van der Waals surface area contributed by atoms with Gasteiger partial charge in [0.1, 0.15) is 5.75 Å². The van der Waals surface area contributed by atoms with Gasteiger partial charge in [0.05, 0.1) is 23.5 Å². The summed E-state index contributed by atoms with van der Waals surface area (Å²) >= 11 is 0. The van der Waals surface area contributed by atoms with Gasteiger partial charge in [-0.3, -0.25) is 14.5 Å². The number of halogens is 3. The first-order valence-corrected chi connectivity index (χ1v) is 12.9. The fraction of sp³-hybridized carbons (Fsp3) is 0.333. The maximum Gasteiger partial charge on any atom is 0.416 e. The lowest BCUT2D eigenvalue weighted by molar-refractivity contribution is -0.138. The summed E-state index contributed by atoms with van der Waals surface area (Å²) < 4.78 is 47.2. The van der Waals surface area contributed by atoms with Crippen molar-refractivity contribution in [3.8, 4) is 5.75 Å². The highest BCUT2D eigenvalue weighted by Crippen LogP contribution is 2.50. The van der Waals surface area contributed by atoms with Gasteiger partial charge < -0.3 is 9.64 Å². The van der Waals surface area contributed by atoms with Crippen LogP contribution in [0.2, 0.25) is 0 Å². The second kappa shape index (κ2) is 9.82. The smallest absolute Gasteiger partial charge is 0.416 e. The monoisotopic (exact) mass is 522 g/mol. The molecule has 0 fully saturated rings. The number of unbranched alkanes of at least 4 members (excludes halogenated alkanes) is 1. The highest BCUT2D eigenvalue weighted by molar-refractivity contribution is 6.27. The van der Waals surface area contributed by atoms with E-state index in [1.165, 1.54) is 15.9 Å². The molecule has 1 aliphatic carbocycles. The number of anilines is 3. The number of ether oxygens (including phenoxy) is 1. The van der Waals surface area contributed by atoms with Crippen LogP contribution < -0.4 is 14.5 Å². The predicted molar refractivity (Wildman–Crippen MR) is 140 cm³/mol. The molecule has 38 heavy (non-hydrogen) atoms. The van der Waals surface area contributed by atoms with E-state index >= 15 is 0 Å². The van der Waals surface area contributed by atoms with Crippen LogP contribution in [0.5, 0.6) is 5.75 Å². The topological polar surface area (TPSA) is 49.9 Å². The number of aryl methyl sites for hydroxylation is 1. The molecule has 0 saturated carbocycles. The SMILES string of the molecule is CCCCOc1ccc2c(c1)CCC21C(=O)N(CC)c2ccc(C(F)(F)F)cc2N(c2ccccc2)C1=O. The molecule has 0 aromatic heterocycles. The summed E-state index contributed by atoms with van der Waals surface area (Å²) in [4.78, 5) is 31.6. The molecule has 2 amide bonds. The molecule has 3 aromatic rings. The first kappa shape index (κ1) is 25.8. The van der Waals surface area contributed by atoms with Crippen molar-refractivity contribution in [1.29, 1.82) is 0 Å². The third-order valence-corrected chi connectivity index (χ3v) is 7.42. The molecule has 0 radical (unpaired) electrons. The fourth-order valence-electron chi connectivity index (χ4n) is 5.50. The molecule has 1 spiro atoms. The number of carbonyl (C=O) groups is 2. The summed E-state index contributed by atoms with van der Waals surface area (Å²) in [5.74, 6) is -0.306. The van der Waals surface area contributed by atoms with Crippen LogP contribution in [0.15, 0.2) is 66.7 Å². The molecule has 1 atom stereocenters. The largest absolute Gasteiger partial charge is 0.494 e. The van der Waals surface area contributed by atoms with Crippen LogP contribution in [-0.2, 0) is 27.6 Å². The van der Waals surface area contributed by atoms with Crippen LogP contribution >= 0.6 is 0 Å². The Morgan fingerprint density at radius 2 is 1.68 bits per heavy atom. The number of rotatable bonds is 6. The summed E-state index contributed by atoms with van der Waals surface area (Å²) in [7, 11) is 0. The number of alkyl halides is 3. The van der Waals surface area contributed by atoms with E-state index in [9.17, 15) is 22.8 Å². The molecule has 0 N–H and O–H groups in total. The zero-order valence-corrected chi connectivity index (χ0v) is 21.3. The lowest BCUT2D eigenvalue weighted by Gasteiger charge is -2.32. The van der Waals surface area contributed by atoms with Crippen molar-refractivity contribution in [1.82, 2.24) is 0 Å². The van der Waals surface area contributed by atoms with Gasteiger partial charge in [0.15, 0.2) is 5.41 Å². The van der Waals surface area contributed by atoms with Gasteiger partial charge in [-0.05, 0) is 79.8 Å². The second-order valence-electron chi connectivity index (χ2n) is 9.65. The van der Waals surface area contributed by atoms with Gasteiger partial charge in [-0.25, -0.2) is 0 Å². The molecule has 1 heterocycles. The molecular weight excluding hydrogens is 493 g/mol. The van der Waals surface area contributed by atoms with Crippen LogP contribution in [-0.4, -0.2) is 25.0 Å². The van der Waals surface area contributed by atoms with Crippen molar-refractivity contribution in [2.24, 2.45) is 0 Å². The van der Waals surface area contributed by atoms with Crippen molar-refractivity contribution in [3.63, 3.8) is 0 Å². The number of fused-ring (bicyclic) bond motifs is 3. The lowest BCUT2D eigenvalue weighted by Crippen LogP contribution is -2.53. The van der Waals surface area contributed by atoms with E-state index in [4.69, 9.17) is 4.74 Å². The second-order valence-corrected chi connectivity index (χ2v) is 9.65. The van der Waals surface area contributed by atoms with Gasteiger partial charge in [0.2, 0.25) is 5.91 Å². The molecule has 0 saturated heterocycles. The Balaban J connectivity index is 1.71. The summed E-state index contributed by atoms with van der Waals surface area (Å²) in [5.41, 5.74) is -0.323. The maximum absolute atomic E-state index is 14.6. The Hall–Kier alpha value is -3.81. The Morgan fingerprint density at radius 1 is 0.921 bits per heavy atom. The minimum atomic E-state index is -4.61. The van der Waals surface area contributed by atoms with Crippen molar-refractivity contribution in [2.75, 3.05) is 23.0 Å². The van der Waals surface area contributed by atoms with Crippen molar-refractivity contribution in [2.45, 2.75) is 51.1 Å². The number of likely N-dealkylation sites (N-methyl/N-ethyl adjacent to an activating group) is 1. The number of carbonyl (C=O) groups excluding carboxylic acids is 2. The van der Waals surface area contributed by atoms with Crippen molar-refractivity contribution < 1.29 is 27.5 Å². The van der Waals surface area contributed by atoms with E-state index in [1.807, 2.05) is 6.07 Å². The molecule has 2 aliphatic rings. The van der Waals surface area contributed by atoms with Crippen LogP contribution in [0.4, 0.5) is 30.2 Å². The molecule has 0 bridgehead atoms. The summed E-state index contributed by atoms with van der Waals surface area (Å²) in [6.07, 6.45) is -2.01. The number of benzene rings is 3. The van der Waals surface area contributed by atoms with Crippen LogP contribution in [0, 0.1) is 0 Å². The maximum atomic E-state index is 14.6. The Morgan fingerprint density at radius 3 is 2.37 bits per heavy atom. The van der Waals surface area contributed by atoms with E-state index in [0.29, 0.717) is 30.0 Å². The minimum absolute atomic E-state index is 0.0380. The average molecular weight is 523 g/mol. The zero-order valence-electron chi connectivity index (χ0n) is 21.3. The number of para-hydroxylation sites is 1. The first-order chi connectivity index (χ1) is 18.2. The number of amides is 2. The Kier molecular flexibility index (Phi) is 6.67.